The van der Waals surface area contributed by atoms with Crippen LogP contribution in [0.5, 0.6) is 0 Å². The lowest BCUT2D eigenvalue weighted by Crippen LogP contribution is -2.43. The normalized spacial score (nSPS) is 16.5. The SMILES string of the molecule is Cc1c(C(=O)NC[C@H](c2cccs2)N2CCOCC2)oc2ccc(Br)cc12. The van der Waals surface area contributed by atoms with Gasteiger partial charge in [0.2, 0.25) is 0 Å². The van der Waals surface area contributed by atoms with Crippen molar-refractivity contribution in [1.82, 2.24) is 10.2 Å². The molecule has 27 heavy (non-hydrogen) atoms. The number of hydrogen-bond donors (Lipinski definition) is 1. The predicted octanol–water partition coefficient (Wildman–Crippen LogP) is 4.37. The zero-order valence-corrected chi connectivity index (χ0v) is 17.4. The van der Waals surface area contributed by atoms with Crippen LogP contribution < -0.4 is 5.32 Å². The molecule has 0 bridgehead atoms. The number of nitrogens with one attached hydrogen (secondary N) is 1. The van der Waals surface area contributed by atoms with Gasteiger partial charge in [-0.1, -0.05) is 22.0 Å². The van der Waals surface area contributed by atoms with Gasteiger partial charge in [0, 0.05) is 39.9 Å². The fourth-order valence-electron chi connectivity index (χ4n) is 3.46. The Hall–Kier alpha value is -1.67. The van der Waals surface area contributed by atoms with Gasteiger partial charge in [-0.05, 0) is 36.6 Å². The van der Waals surface area contributed by atoms with Gasteiger partial charge < -0.3 is 14.5 Å². The highest BCUT2D eigenvalue weighted by atomic mass is 79.9. The minimum atomic E-state index is -0.172. The Morgan fingerprint density at radius 1 is 1.33 bits per heavy atom. The maximum absolute atomic E-state index is 12.8. The van der Waals surface area contributed by atoms with Crippen LogP contribution in [0.1, 0.15) is 27.0 Å². The molecule has 1 aromatic carbocycles. The maximum Gasteiger partial charge on any atom is 0.287 e. The summed E-state index contributed by atoms with van der Waals surface area (Å²) in [5.74, 6) is 0.213. The van der Waals surface area contributed by atoms with Crippen LogP contribution in [0.2, 0.25) is 0 Å². The summed E-state index contributed by atoms with van der Waals surface area (Å²) in [5.41, 5.74) is 1.59. The summed E-state index contributed by atoms with van der Waals surface area (Å²) >= 11 is 5.19. The highest BCUT2D eigenvalue weighted by Gasteiger charge is 2.25. The molecule has 1 aliphatic rings. The first-order chi connectivity index (χ1) is 13.1. The monoisotopic (exact) mass is 448 g/mol. The van der Waals surface area contributed by atoms with E-state index in [2.05, 4.69) is 43.7 Å². The van der Waals surface area contributed by atoms with Crippen molar-refractivity contribution in [1.29, 1.82) is 0 Å². The molecule has 0 spiro atoms. The smallest absolute Gasteiger partial charge is 0.287 e. The summed E-state index contributed by atoms with van der Waals surface area (Å²) in [6.45, 7) is 5.67. The largest absolute Gasteiger partial charge is 0.451 e. The van der Waals surface area contributed by atoms with E-state index in [9.17, 15) is 4.79 Å². The summed E-state index contributed by atoms with van der Waals surface area (Å²) in [4.78, 5) is 16.4. The van der Waals surface area contributed by atoms with Crippen LogP contribution in [0.15, 0.2) is 44.6 Å². The standard InChI is InChI=1S/C20H21BrN2O3S/c1-13-15-11-14(21)4-5-17(15)26-19(13)20(24)22-12-16(18-3-2-10-27-18)23-6-8-25-9-7-23/h2-5,10-11,16H,6-9,12H2,1H3,(H,22,24)/t16-/m1/s1. The lowest BCUT2D eigenvalue weighted by atomic mass is 10.1. The van der Waals surface area contributed by atoms with Crippen molar-refractivity contribution < 1.29 is 13.9 Å². The number of thiophene rings is 1. The number of halogens is 1. The van der Waals surface area contributed by atoms with Crippen LogP contribution in [-0.4, -0.2) is 43.7 Å². The fraction of sp³-hybridized carbons (Fsp3) is 0.350. The first kappa shape index (κ1) is 18.7. The first-order valence-electron chi connectivity index (χ1n) is 8.95. The molecule has 0 unspecified atom stereocenters. The lowest BCUT2D eigenvalue weighted by molar-refractivity contribution is 0.0168. The van der Waals surface area contributed by atoms with Crippen molar-refractivity contribution >= 4 is 44.1 Å². The topological polar surface area (TPSA) is 54.7 Å². The molecule has 3 heterocycles. The van der Waals surface area contributed by atoms with Gasteiger partial charge in [-0.25, -0.2) is 0 Å². The number of carbonyl (C=O) groups excluding carboxylic acids is 1. The van der Waals surface area contributed by atoms with Gasteiger partial charge in [0.1, 0.15) is 5.58 Å². The zero-order valence-electron chi connectivity index (χ0n) is 15.0. The number of benzene rings is 1. The molecule has 1 amide bonds. The molecule has 2 aromatic heterocycles. The molecule has 7 heteroatoms. The molecule has 1 aliphatic heterocycles. The van der Waals surface area contributed by atoms with E-state index in [0.29, 0.717) is 12.3 Å². The van der Waals surface area contributed by atoms with E-state index in [4.69, 9.17) is 9.15 Å². The molecule has 142 valence electrons. The summed E-state index contributed by atoms with van der Waals surface area (Å²) in [6.07, 6.45) is 0. The second-order valence-electron chi connectivity index (χ2n) is 6.59. The molecular formula is C20H21BrN2O3S. The van der Waals surface area contributed by atoms with E-state index in [1.807, 2.05) is 25.1 Å². The Kier molecular flexibility index (Phi) is 5.63. The van der Waals surface area contributed by atoms with Gasteiger partial charge in [0.05, 0.1) is 19.3 Å². The summed E-state index contributed by atoms with van der Waals surface area (Å²) in [6, 6.07) is 10.1. The van der Waals surface area contributed by atoms with Crippen LogP contribution in [0.3, 0.4) is 0 Å². The van der Waals surface area contributed by atoms with Crippen LogP contribution in [0.25, 0.3) is 11.0 Å². The molecule has 0 radical (unpaired) electrons. The van der Waals surface area contributed by atoms with Gasteiger partial charge in [-0.15, -0.1) is 11.3 Å². The van der Waals surface area contributed by atoms with Crippen LogP contribution >= 0.6 is 27.3 Å². The Morgan fingerprint density at radius 3 is 2.89 bits per heavy atom. The fourth-order valence-corrected chi connectivity index (χ4v) is 4.68. The van der Waals surface area contributed by atoms with Crippen molar-refractivity contribution in [2.45, 2.75) is 13.0 Å². The summed E-state index contributed by atoms with van der Waals surface area (Å²) in [7, 11) is 0. The summed E-state index contributed by atoms with van der Waals surface area (Å²) in [5, 5.41) is 6.11. The van der Waals surface area contributed by atoms with Crippen molar-refractivity contribution in [2.24, 2.45) is 0 Å². The number of ether oxygens (including phenoxy) is 1. The van der Waals surface area contributed by atoms with Crippen molar-refractivity contribution in [3.05, 3.63) is 56.4 Å². The highest BCUT2D eigenvalue weighted by Crippen LogP contribution is 2.29. The third-order valence-corrected chi connectivity index (χ3v) is 6.39. The minimum absolute atomic E-state index is 0.150. The number of morpholine rings is 1. The molecular weight excluding hydrogens is 428 g/mol. The van der Waals surface area contributed by atoms with E-state index < -0.39 is 0 Å². The average molecular weight is 449 g/mol. The van der Waals surface area contributed by atoms with Gasteiger partial charge in [0.15, 0.2) is 5.76 Å². The Balaban J connectivity index is 1.52. The first-order valence-corrected chi connectivity index (χ1v) is 10.6. The van der Waals surface area contributed by atoms with Crippen molar-refractivity contribution in [3.8, 4) is 0 Å². The van der Waals surface area contributed by atoms with Gasteiger partial charge in [-0.2, -0.15) is 0 Å². The second kappa shape index (κ2) is 8.14. The second-order valence-corrected chi connectivity index (χ2v) is 8.48. The zero-order chi connectivity index (χ0) is 18.8. The number of hydrogen-bond acceptors (Lipinski definition) is 5. The molecule has 5 nitrogen and oxygen atoms in total. The quantitative estimate of drug-likeness (QED) is 0.629. The Morgan fingerprint density at radius 2 is 2.15 bits per heavy atom. The van der Waals surface area contributed by atoms with E-state index in [0.717, 1.165) is 47.3 Å². The van der Waals surface area contributed by atoms with E-state index in [-0.39, 0.29) is 11.9 Å². The summed E-state index contributed by atoms with van der Waals surface area (Å²) < 4.78 is 12.3. The molecule has 0 aliphatic carbocycles. The van der Waals surface area contributed by atoms with E-state index >= 15 is 0 Å². The number of furan rings is 1. The van der Waals surface area contributed by atoms with E-state index in [1.165, 1.54) is 4.88 Å². The van der Waals surface area contributed by atoms with Crippen LogP contribution in [0, 0.1) is 6.92 Å². The number of fused-ring (bicyclic) bond motifs is 1. The molecule has 1 N–H and O–H groups in total. The van der Waals surface area contributed by atoms with Gasteiger partial charge in [0.25, 0.3) is 5.91 Å². The molecule has 4 rings (SSSR count). The molecule has 1 atom stereocenters. The van der Waals surface area contributed by atoms with Crippen LogP contribution in [-0.2, 0) is 4.74 Å². The van der Waals surface area contributed by atoms with Crippen molar-refractivity contribution in [3.63, 3.8) is 0 Å². The predicted molar refractivity (Wildman–Crippen MR) is 110 cm³/mol. The van der Waals surface area contributed by atoms with Gasteiger partial charge in [-0.3, -0.25) is 9.69 Å². The highest BCUT2D eigenvalue weighted by molar-refractivity contribution is 9.10. The third kappa shape index (κ3) is 3.96. The lowest BCUT2D eigenvalue weighted by Gasteiger charge is -2.34. The number of aryl methyl sites for hydroxylation is 1. The Labute approximate surface area is 170 Å². The number of amides is 1. The number of nitrogens with zero attached hydrogens (tertiary/aromatic N) is 1. The van der Waals surface area contributed by atoms with E-state index in [1.54, 1.807) is 11.3 Å². The third-order valence-electron chi connectivity index (χ3n) is 4.92. The van der Waals surface area contributed by atoms with Crippen LogP contribution in [0.4, 0.5) is 0 Å². The molecule has 0 saturated carbocycles. The molecule has 3 aromatic rings. The van der Waals surface area contributed by atoms with Gasteiger partial charge >= 0.3 is 0 Å². The molecule has 1 saturated heterocycles. The Bertz CT molecular complexity index is 932. The maximum atomic E-state index is 12.8. The number of rotatable bonds is 5. The minimum Gasteiger partial charge on any atom is -0.451 e. The van der Waals surface area contributed by atoms with Crippen molar-refractivity contribution in [2.75, 3.05) is 32.8 Å². The average Bonchev–Trinajstić information content (AvgIpc) is 3.32. The number of carbonyl (C=O) groups is 1. The molecule has 1 fully saturated rings.